The summed E-state index contributed by atoms with van der Waals surface area (Å²) in [7, 11) is 0. The number of allylic oxidation sites excluding steroid dienone is 2. The highest BCUT2D eigenvalue weighted by molar-refractivity contribution is 6.28. The van der Waals surface area contributed by atoms with Crippen LogP contribution in [-0.2, 0) is 4.74 Å². The average molecular weight is 270 g/mol. The Labute approximate surface area is 115 Å². The molecule has 2 aromatic rings. The molecule has 0 saturated heterocycles. The van der Waals surface area contributed by atoms with Gasteiger partial charge in [0, 0.05) is 17.3 Å². The standard InChI is InChI=1S/C15H14N2O3/c1-4-20-15-8(2)13(18)10-5-6-17-9(3)16-7-11(17)12(10)14(15)19/h5-7H,4H2,1-3H3. The lowest BCUT2D eigenvalue weighted by atomic mass is 9.89. The topological polar surface area (TPSA) is 60.7 Å². The fourth-order valence-corrected chi connectivity index (χ4v) is 2.53. The van der Waals surface area contributed by atoms with Crippen molar-refractivity contribution >= 4 is 17.1 Å². The van der Waals surface area contributed by atoms with Crippen molar-refractivity contribution in [3.8, 4) is 0 Å². The predicted octanol–water partition coefficient (Wildman–Crippen LogP) is 2.33. The van der Waals surface area contributed by atoms with E-state index in [4.69, 9.17) is 4.74 Å². The molecule has 0 aromatic carbocycles. The first-order valence-corrected chi connectivity index (χ1v) is 6.46. The van der Waals surface area contributed by atoms with E-state index in [1.165, 1.54) is 0 Å². The Morgan fingerprint density at radius 1 is 1.25 bits per heavy atom. The Balaban J connectivity index is 2.33. The molecule has 5 nitrogen and oxygen atoms in total. The third-order valence-corrected chi connectivity index (χ3v) is 3.55. The van der Waals surface area contributed by atoms with Crippen LogP contribution in [0, 0.1) is 6.92 Å². The van der Waals surface area contributed by atoms with E-state index in [0.717, 1.165) is 5.82 Å². The van der Waals surface area contributed by atoms with E-state index in [0.29, 0.717) is 28.8 Å². The van der Waals surface area contributed by atoms with Crippen LogP contribution in [0.3, 0.4) is 0 Å². The van der Waals surface area contributed by atoms with Crippen molar-refractivity contribution in [2.24, 2.45) is 0 Å². The second-order valence-corrected chi connectivity index (χ2v) is 4.71. The van der Waals surface area contributed by atoms with Gasteiger partial charge in [0.05, 0.1) is 23.9 Å². The highest BCUT2D eigenvalue weighted by Gasteiger charge is 2.33. The number of hydrogen-bond donors (Lipinski definition) is 0. The molecular formula is C15H14N2O3. The van der Waals surface area contributed by atoms with Crippen LogP contribution in [0.15, 0.2) is 29.8 Å². The largest absolute Gasteiger partial charge is 0.489 e. The molecule has 0 spiro atoms. The van der Waals surface area contributed by atoms with Gasteiger partial charge < -0.3 is 9.14 Å². The van der Waals surface area contributed by atoms with Gasteiger partial charge in [-0.25, -0.2) is 4.98 Å². The normalized spacial score (nSPS) is 14.9. The summed E-state index contributed by atoms with van der Waals surface area (Å²) in [6, 6.07) is 1.67. The van der Waals surface area contributed by atoms with Gasteiger partial charge in [0.25, 0.3) is 0 Å². The lowest BCUT2D eigenvalue weighted by Gasteiger charge is -2.19. The molecule has 0 bridgehead atoms. The number of ketones is 2. The highest BCUT2D eigenvalue weighted by atomic mass is 16.5. The number of nitrogens with zero attached hydrogens (tertiary/aromatic N) is 2. The van der Waals surface area contributed by atoms with Gasteiger partial charge >= 0.3 is 0 Å². The second kappa shape index (κ2) is 4.30. The lowest BCUT2D eigenvalue weighted by Crippen LogP contribution is -2.23. The molecular weight excluding hydrogens is 256 g/mol. The Bertz CT molecular complexity index is 784. The number of imidazole rings is 1. The van der Waals surface area contributed by atoms with Crippen molar-refractivity contribution in [1.29, 1.82) is 0 Å². The Hall–Kier alpha value is -2.43. The number of rotatable bonds is 2. The number of ether oxygens (including phenoxy) is 1. The third kappa shape index (κ3) is 1.52. The molecule has 0 amide bonds. The average Bonchev–Trinajstić information content (AvgIpc) is 2.82. The van der Waals surface area contributed by atoms with Crippen molar-refractivity contribution in [3.05, 3.63) is 46.7 Å². The Morgan fingerprint density at radius 2 is 2.00 bits per heavy atom. The van der Waals surface area contributed by atoms with Crippen molar-refractivity contribution < 1.29 is 14.3 Å². The van der Waals surface area contributed by atoms with Gasteiger partial charge in [0.15, 0.2) is 11.5 Å². The van der Waals surface area contributed by atoms with Gasteiger partial charge in [0.1, 0.15) is 5.82 Å². The lowest BCUT2D eigenvalue weighted by molar-refractivity contribution is 0.0882. The van der Waals surface area contributed by atoms with Gasteiger partial charge in [-0.2, -0.15) is 0 Å². The van der Waals surface area contributed by atoms with E-state index in [9.17, 15) is 9.59 Å². The summed E-state index contributed by atoms with van der Waals surface area (Å²) in [6.45, 7) is 5.61. The van der Waals surface area contributed by atoms with Crippen LogP contribution in [0.2, 0.25) is 0 Å². The van der Waals surface area contributed by atoms with Gasteiger partial charge in [-0.3, -0.25) is 9.59 Å². The highest BCUT2D eigenvalue weighted by Crippen LogP contribution is 2.30. The van der Waals surface area contributed by atoms with Crippen LogP contribution in [-0.4, -0.2) is 27.6 Å². The maximum Gasteiger partial charge on any atom is 0.230 e. The van der Waals surface area contributed by atoms with Gasteiger partial charge in [-0.15, -0.1) is 0 Å². The summed E-state index contributed by atoms with van der Waals surface area (Å²) in [5.74, 6) is 0.512. The summed E-state index contributed by atoms with van der Waals surface area (Å²) < 4.78 is 7.17. The minimum Gasteiger partial charge on any atom is -0.489 e. The maximum absolute atomic E-state index is 12.6. The monoisotopic (exact) mass is 270 g/mol. The minimum absolute atomic E-state index is 0.150. The van der Waals surface area contributed by atoms with E-state index in [-0.39, 0.29) is 17.3 Å². The summed E-state index contributed by atoms with van der Waals surface area (Å²) in [6.07, 6.45) is 3.38. The number of aromatic nitrogens is 2. The van der Waals surface area contributed by atoms with Gasteiger partial charge in [0.2, 0.25) is 5.78 Å². The number of Topliss-reactive ketones (excluding diaryl/α,β-unsaturated/α-hetero) is 2. The van der Waals surface area contributed by atoms with E-state index >= 15 is 0 Å². The molecule has 1 aliphatic carbocycles. The molecule has 102 valence electrons. The molecule has 0 radical (unpaired) electrons. The molecule has 0 atom stereocenters. The second-order valence-electron chi connectivity index (χ2n) is 4.71. The number of carbonyl (C=O) groups excluding carboxylic acids is 2. The molecule has 1 aliphatic rings. The zero-order valence-corrected chi connectivity index (χ0v) is 11.6. The fraction of sp³-hybridized carbons (Fsp3) is 0.267. The number of carbonyl (C=O) groups is 2. The molecule has 2 aromatic heterocycles. The first-order valence-electron chi connectivity index (χ1n) is 6.46. The minimum atomic E-state index is -0.246. The van der Waals surface area contributed by atoms with Gasteiger partial charge in [-0.1, -0.05) is 0 Å². The van der Waals surface area contributed by atoms with Crippen molar-refractivity contribution in [3.63, 3.8) is 0 Å². The predicted molar refractivity (Wildman–Crippen MR) is 72.9 cm³/mol. The molecule has 0 saturated carbocycles. The Kier molecular flexibility index (Phi) is 2.71. The van der Waals surface area contributed by atoms with Crippen molar-refractivity contribution in [1.82, 2.24) is 9.38 Å². The SMILES string of the molecule is CCOC1=C(C)C(=O)c2ccn3c(C)ncc3c2C1=O. The summed E-state index contributed by atoms with van der Waals surface area (Å²) in [5.41, 5.74) is 1.81. The van der Waals surface area contributed by atoms with Crippen molar-refractivity contribution in [2.45, 2.75) is 20.8 Å². The first kappa shape index (κ1) is 12.6. The smallest absolute Gasteiger partial charge is 0.230 e. The molecule has 0 fully saturated rings. The number of pyridine rings is 1. The molecule has 20 heavy (non-hydrogen) atoms. The van der Waals surface area contributed by atoms with E-state index in [1.807, 2.05) is 6.92 Å². The number of aryl methyl sites for hydroxylation is 1. The van der Waals surface area contributed by atoms with E-state index in [1.54, 1.807) is 36.7 Å². The first-order chi connectivity index (χ1) is 9.56. The molecule has 2 heterocycles. The number of fused-ring (bicyclic) bond motifs is 3. The quantitative estimate of drug-likeness (QED) is 0.840. The van der Waals surface area contributed by atoms with E-state index < -0.39 is 0 Å². The van der Waals surface area contributed by atoms with Crippen LogP contribution < -0.4 is 0 Å². The molecule has 5 heteroatoms. The van der Waals surface area contributed by atoms with Crippen LogP contribution in [0.1, 0.15) is 40.4 Å². The van der Waals surface area contributed by atoms with E-state index in [2.05, 4.69) is 4.98 Å². The van der Waals surface area contributed by atoms with Crippen LogP contribution in [0.5, 0.6) is 0 Å². The summed E-state index contributed by atoms with van der Waals surface area (Å²) >= 11 is 0. The summed E-state index contributed by atoms with van der Waals surface area (Å²) in [4.78, 5) is 29.2. The maximum atomic E-state index is 12.6. The van der Waals surface area contributed by atoms with Crippen LogP contribution in [0.25, 0.3) is 5.52 Å². The van der Waals surface area contributed by atoms with Crippen molar-refractivity contribution in [2.75, 3.05) is 6.61 Å². The molecule has 3 rings (SSSR count). The molecule has 0 aliphatic heterocycles. The molecule has 0 unspecified atom stereocenters. The van der Waals surface area contributed by atoms with Gasteiger partial charge in [-0.05, 0) is 26.8 Å². The third-order valence-electron chi connectivity index (χ3n) is 3.55. The number of hydrogen-bond acceptors (Lipinski definition) is 4. The fourth-order valence-electron chi connectivity index (χ4n) is 2.53. The molecule has 0 N–H and O–H groups in total. The zero-order valence-electron chi connectivity index (χ0n) is 11.6. The Morgan fingerprint density at radius 3 is 2.70 bits per heavy atom. The van der Waals surface area contributed by atoms with Crippen LogP contribution in [0.4, 0.5) is 0 Å². The van der Waals surface area contributed by atoms with Crippen LogP contribution >= 0.6 is 0 Å². The zero-order chi connectivity index (χ0) is 14.4. The summed E-state index contributed by atoms with van der Waals surface area (Å²) in [5, 5.41) is 0.